The molecule has 1 atom stereocenters. The zero-order chi connectivity index (χ0) is 21.9. The number of methoxy groups -OCH3 is 1. The highest BCUT2D eigenvalue weighted by Gasteiger charge is 2.10. The van der Waals surface area contributed by atoms with Gasteiger partial charge in [-0.05, 0) is 31.6 Å². The first-order valence-electron chi connectivity index (χ1n) is 9.84. The molecule has 0 spiro atoms. The maximum Gasteiger partial charge on any atom is 0.290 e. The van der Waals surface area contributed by atoms with Crippen LogP contribution >= 0.6 is 0 Å². The van der Waals surface area contributed by atoms with Crippen LogP contribution in [0.2, 0.25) is 0 Å². The van der Waals surface area contributed by atoms with E-state index in [1.54, 1.807) is 38.7 Å². The topological polar surface area (TPSA) is 117 Å². The lowest BCUT2D eigenvalue weighted by atomic mass is 10.0. The number of hydrogen-bond donors (Lipinski definition) is 2. The summed E-state index contributed by atoms with van der Waals surface area (Å²) >= 11 is 0. The molecule has 0 aliphatic rings. The Morgan fingerprint density at radius 2 is 2.23 bits per heavy atom. The highest BCUT2D eigenvalue weighted by Crippen LogP contribution is 2.19. The molecule has 0 unspecified atom stereocenters. The van der Waals surface area contributed by atoms with Crippen LogP contribution in [0.15, 0.2) is 46.0 Å². The van der Waals surface area contributed by atoms with Crippen molar-refractivity contribution in [2.75, 3.05) is 32.1 Å². The molecule has 0 fully saturated rings. The largest absolute Gasteiger partial charge is 0.495 e. The van der Waals surface area contributed by atoms with Crippen molar-refractivity contribution in [1.29, 1.82) is 0 Å². The average molecular weight is 415 g/mol. The number of pyridine rings is 1. The number of aryl methyl sites for hydroxylation is 1. The third-order valence-electron chi connectivity index (χ3n) is 4.40. The van der Waals surface area contributed by atoms with Crippen LogP contribution in [0.3, 0.4) is 0 Å². The molecule has 0 saturated carbocycles. The molecule has 2 aromatic rings. The number of nitrogens with zero attached hydrogens (tertiary/aromatic N) is 4. The maximum atomic E-state index is 12.3. The zero-order valence-electron chi connectivity index (χ0n) is 18.0. The SMILES string of the molecule is CCN=CC=C(N)CNc1cc(OCC[C@@H](C)c2ccc(OC)cn2)nn(C)c1=O. The van der Waals surface area contributed by atoms with Gasteiger partial charge in [-0.3, -0.25) is 14.8 Å². The maximum absolute atomic E-state index is 12.3. The Morgan fingerprint density at radius 1 is 1.43 bits per heavy atom. The van der Waals surface area contributed by atoms with E-state index in [9.17, 15) is 4.79 Å². The molecule has 3 N–H and O–H groups in total. The van der Waals surface area contributed by atoms with Crippen molar-refractivity contribution in [3.05, 3.63) is 52.2 Å². The van der Waals surface area contributed by atoms with E-state index >= 15 is 0 Å². The summed E-state index contributed by atoms with van der Waals surface area (Å²) in [5.74, 6) is 1.30. The zero-order valence-corrected chi connectivity index (χ0v) is 18.0. The number of allylic oxidation sites excluding steroid dienone is 1. The van der Waals surface area contributed by atoms with Crippen LogP contribution in [0.1, 0.15) is 31.9 Å². The molecule has 0 aliphatic carbocycles. The highest BCUT2D eigenvalue weighted by atomic mass is 16.5. The van der Waals surface area contributed by atoms with E-state index in [0.29, 0.717) is 37.0 Å². The van der Waals surface area contributed by atoms with Crippen molar-refractivity contribution in [1.82, 2.24) is 14.8 Å². The van der Waals surface area contributed by atoms with E-state index in [1.165, 1.54) is 4.68 Å². The van der Waals surface area contributed by atoms with E-state index in [0.717, 1.165) is 17.9 Å². The first kappa shape index (κ1) is 22.9. The first-order chi connectivity index (χ1) is 14.4. The molecule has 2 aromatic heterocycles. The minimum atomic E-state index is -0.256. The fourth-order valence-electron chi connectivity index (χ4n) is 2.58. The van der Waals surface area contributed by atoms with Crippen molar-refractivity contribution in [2.45, 2.75) is 26.2 Å². The van der Waals surface area contributed by atoms with Gasteiger partial charge in [-0.15, -0.1) is 5.10 Å². The Hall–Kier alpha value is -3.36. The molecule has 9 heteroatoms. The van der Waals surface area contributed by atoms with Crippen molar-refractivity contribution in [3.63, 3.8) is 0 Å². The molecule has 162 valence electrons. The third kappa shape index (κ3) is 6.91. The second-order valence-corrected chi connectivity index (χ2v) is 6.73. The van der Waals surface area contributed by atoms with Crippen molar-refractivity contribution < 1.29 is 9.47 Å². The minimum absolute atomic E-state index is 0.204. The summed E-state index contributed by atoms with van der Waals surface area (Å²) in [6.45, 7) is 5.46. The summed E-state index contributed by atoms with van der Waals surface area (Å²) < 4.78 is 12.1. The second kappa shape index (κ2) is 11.6. The van der Waals surface area contributed by atoms with Gasteiger partial charge < -0.3 is 20.5 Å². The molecule has 0 radical (unpaired) electrons. The molecule has 0 amide bonds. The van der Waals surface area contributed by atoms with E-state index < -0.39 is 0 Å². The number of aliphatic imine (C=N–C) groups is 1. The third-order valence-corrected chi connectivity index (χ3v) is 4.40. The molecule has 2 heterocycles. The summed E-state index contributed by atoms with van der Waals surface area (Å²) in [4.78, 5) is 20.8. The van der Waals surface area contributed by atoms with Gasteiger partial charge >= 0.3 is 0 Å². The number of rotatable bonds is 11. The molecule has 0 bridgehead atoms. The number of ether oxygens (including phenoxy) is 2. The summed E-state index contributed by atoms with van der Waals surface area (Å²) in [7, 11) is 3.19. The summed E-state index contributed by atoms with van der Waals surface area (Å²) in [5.41, 5.74) is 7.55. The van der Waals surface area contributed by atoms with Crippen molar-refractivity contribution in [3.8, 4) is 11.6 Å². The predicted molar refractivity (Wildman–Crippen MR) is 119 cm³/mol. The molecule has 0 saturated heterocycles. The number of aromatic nitrogens is 3. The lowest BCUT2D eigenvalue weighted by Crippen LogP contribution is -2.25. The lowest BCUT2D eigenvalue weighted by Gasteiger charge is -2.13. The summed E-state index contributed by atoms with van der Waals surface area (Å²) in [6.07, 6.45) is 5.80. The number of anilines is 1. The lowest BCUT2D eigenvalue weighted by molar-refractivity contribution is 0.281. The van der Waals surface area contributed by atoms with E-state index in [4.69, 9.17) is 15.2 Å². The quantitative estimate of drug-likeness (QED) is 0.541. The van der Waals surface area contributed by atoms with Crippen molar-refractivity contribution in [2.24, 2.45) is 17.8 Å². The molecule has 30 heavy (non-hydrogen) atoms. The van der Waals surface area contributed by atoms with Gasteiger partial charge in [0.2, 0.25) is 5.88 Å². The smallest absolute Gasteiger partial charge is 0.290 e. The van der Waals surface area contributed by atoms with Crippen LogP contribution in [0.25, 0.3) is 0 Å². The summed E-state index contributed by atoms with van der Waals surface area (Å²) in [6, 6.07) is 5.42. The van der Waals surface area contributed by atoms with E-state index in [1.807, 2.05) is 19.1 Å². The van der Waals surface area contributed by atoms with Crippen LogP contribution in [0.4, 0.5) is 5.69 Å². The normalized spacial score (nSPS) is 12.7. The molecule has 9 nitrogen and oxygen atoms in total. The average Bonchev–Trinajstić information content (AvgIpc) is 2.75. The van der Waals surface area contributed by atoms with Gasteiger partial charge in [0.05, 0.1) is 26.5 Å². The Labute approximate surface area is 176 Å². The monoisotopic (exact) mass is 414 g/mol. The van der Waals surface area contributed by atoms with E-state index in [2.05, 4.69) is 27.3 Å². The van der Waals surface area contributed by atoms with Crippen molar-refractivity contribution >= 4 is 11.9 Å². The molecular formula is C21H30N6O3. The van der Waals surface area contributed by atoms with Gasteiger partial charge in [-0.2, -0.15) is 0 Å². The minimum Gasteiger partial charge on any atom is -0.495 e. The van der Waals surface area contributed by atoms with Crippen LogP contribution in [-0.4, -0.2) is 47.8 Å². The van der Waals surface area contributed by atoms with Gasteiger partial charge in [0.1, 0.15) is 11.4 Å². The highest BCUT2D eigenvalue weighted by molar-refractivity contribution is 5.72. The summed E-state index contributed by atoms with van der Waals surface area (Å²) in [5, 5.41) is 7.18. The molecule has 0 aromatic carbocycles. The Morgan fingerprint density at radius 3 is 2.90 bits per heavy atom. The molecule has 2 rings (SSSR count). The van der Waals surface area contributed by atoms with Crippen LogP contribution in [0.5, 0.6) is 11.6 Å². The van der Waals surface area contributed by atoms with Gasteiger partial charge in [-0.1, -0.05) is 6.92 Å². The van der Waals surface area contributed by atoms with Gasteiger partial charge in [-0.25, -0.2) is 4.68 Å². The number of nitrogens with two attached hydrogens (primary N) is 1. The Balaban J connectivity index is 1.95. The fourth-order valence-corrected chi connectivity index (χ4v) is 2.58. The van der Waals surface area contributed by atoms with Crippen LogP contribution in [0, 0.1) is 0 Å². The Kier molecular flexibility index (Phi) is 8.86. The van der Waals surface area contributed by atoms with Gasteiger partial charge in [0, 0.05) is 43.2 Å². The fraction of sp³-hybridized carbons (Fsp3) is 0.429. The van der Waals surface area contributed by atoms with E-state index in [-0.39, 0.29) is 11.5 Å². The molecule has 0 aliphatic heterocycles. The van der Waals surface area contributed by atoms with Gasteiger partial charge in [0.25, 0.3) is 5.56 Å². The van der Waals surface area contributed by atoms with Gasteiger partial charge in [0.15, 0.2) is 0 Å². The number of hydrogen-bond acceptors (Lipinski definition) is 8. The first-order valence-corrected chi connectivity index (χ1v) is 9.84. The Bertz CT molecular complexity index is 921. The standard InChI is InChI=1S/C21H30N6O3/c1-5-23-10-8-16(22)13-24-19-12-20(26-27(3)21(19)28)30-11-9-15(2)18-7-6-17(29-4)14-25-18/h6-8,10,12,14-15,24H,5,9,11,13,22H2,1-4H3/t15-/m1/s1. The van der Waals surface area contributed by atoms with Crippen LogP contribution < -0.4 is 26.1 Å². The second-order valence-electron chi connectivity index (χ2n) is 6.73. The van der Waals surface area contributed by atoms with Crippen LogP contribution in [-0.2, 0) is 7.05 Å². The number of nitrogens with one attached hydrogen (secondary N) is 1. The molecular weight excluding hydrogens is 384 g/mol. The predicted octanol–water partition coefficient (Wildman–Crippen LogP) is 2.10.